The summed E-state index contributed by atoms with van der Waals surface area (Å²) in [6, 6.07) is 0.643. The monoisotopic (exact) mass is 226 g/mol. The molecule has 1 rings (SSSR count). The zero-order valence-electron chi connectivity index (χ0n) is 11.3. The molecule has 0 radical (unpaired) electrons. The van der Waals surface area contributed by atoms with Crippen LogP contribution in [0.4, 0.5) is 0 Å². The molecule has 1 amide bonds. The molecule has 1 aliphatic rings. The summed E-state index contributed by atoms with van der Waals surface area (Å²) in [4.78, 5) is 14.3. The molecule has 1 heterocycles. The number of carbonyl (C=O) groups excluding carboxylic acids is 1. The number of carbonyl (C=O) groups is 1. The van der Waals surface area contributed by atoms with E-state index in [2.05, 4.69) is 33.0 Å². The van der Waals surface area contributed by atoms with E-state index < -0.39 is 0 Å². The second kappa shape index (κ2) is 5.67. The number of hydrogen-bond acceptors (Lipinski definition) is 2. The zero-order chi connectivity index (χ0) is 12.3. The van der Waals surface area contributed by atoms with Crippen LogP contribution in [0, 0.1) is 11.8 Å². The average molecular weight is 226 g/mol. The molecule has 1 aliphatic heterocycles. The van der Waals surface area contributed by atoms with E-state index in [1.165, 1.54) is 0 Å². The van der Waals surface area contributed by atoms with Gasteiger partial charge in [0.05, 0.1) is 5.92 Å². The molecule has 3 unspecified atom stereocenters. The minimum atomic E-state index is 0.167. The van der Waals surface area contributed by atoms with Crippen molar-refractivity contribution in [3.63, 3.8) is 0 Å². The summed E-state index contributed by atoms with van der Waals surface area (Å²) in [5.41, 5.74) is 0. The molecule has 0 spiro atoms. The van der Waals surface area contributed by atoms with Crippen molar-refractivity contribution in [2.45, 2.75) is 52.6 Å². The van der Waals surface area contributed by atoms with Crippen LogP contribution < -0.4 is 5.32 Å². The molecule has 0 bridgehead atoms. The molecule has 94 valence electrons. The van der Waals surface area contributed by atoms with Gasteiger partial charge in [-0.25, -0.2) is 0 Å². The molecule has 0 aromatic heterocycles. The van der Waals surface area contributed by atoms with E-state index in [9.17, 15) is 4.79 Å². The van der Waals surface area contributed by atoms with Crippen LogP contribution in [0.25, 0.3) is 0 Å². The highest BCUT2D eigenvalue weighted by Gasteiger charge is 2.31. The van der Waals surface area contributed by atoms with E-state index in [-0.39, 0.29) is 5.92 Å². The Morgan fingerprint density at radius 1 is 1.38 bits per heavy atom. The molecule has 0 aliphatic carbocycles. The average Bonchev–Trinajstić information content (AvgIpc) is 2.26. The molecule has 0 aromatic rings. The van der Waals surface area contributed by atoms with Crippen LogP contribution in [0.3, 0.4) is 0 Å². The Balaban J connectivity index is 2.61. The van der Waals surface area contributed by atoms with Crippen molar-refractivity contribution in [2.75, 3.05) is 13.6 Å². The Hall–Kier alpha value is -0.570. The number of piperidine rings is 1. The van der Waals surface area contributed by atoms with Crippen molar-refractivity contribution >= 4 is 5.91 Å². The first-order chi connectivity index (χ1) is 7.45. The Morgan fingerprint density at radius 3 is 2.50 bits per heavy atom. The zero-order valence-corrected chi connectivity index (χ0v) is 11.3. The van der Waals surface area contributed by atoms with Gasteiger partial charge in [-0.15, -0.1) is 0 Å². The maximum atomic E-state index is 12.3. The Labute approximate surface area is 99.6 Å². The summed E-state index contributed by atoms with van der Waals surface area (Å²) in [6.45, 7) is 9.63. The molecule has 0 aromatic carbocycles. The number of nitrogens with one attached hydrogen (secondary N) is 1. The standard InChI is InChI=1S/C13H26N2O/c1-9(2)11(4)15(5)13(16)12-7-6-8-14-10(12)3/h9-12,14H,6-8H2,1-5H3. The number of hydrogen-bond donors (Lipinski definition) is 1. The fourth-order valence-corrected chi connectivity index (χ4v) is 2.29. The lowest BCUT2D eigenvalue weighted by Crippen LogP contribution is -2.50. The van der Waals surface area contributed by atoms with Gasteiger partial charge in [-0.3, -0.25) is 4.79 Å². The van der Waals surface area contributed by atoms with E-state index in [0.717, 1.165) is 19.4 Å². The predicted molar refractivity (Wildman–Crippen MR) is 67.3 cm³/mol. The summed E-state index contributed by atoms with van der Waals surface area (Å²) in [5, 5.41) is 3.39. The Kier molecular flexibility index (Phi) is 4.78. The van der Waals surface area contributed by atoms with Gasteiger partial charge in [-0.1, -0.05) is 13.8 Å². The number of rotatable bonds is 3. The highest BCUT2D eigenvalue weighted by molar-refractivity contribution is 5.79. The minimum Gasteiger partial charge on any atom is -0.343 e. The maximum Gasteiger partial charge on any atom is 0.227 e. The topological polar surface area (TPSA) is 32.3 Å². The molecule has 3 heteroatoms. The van der Waals surface area contributed by atoms with Crippen molar-refractivity contribution in [2.24, 2.45) is 11.8 Å². The summed E-state index contributed by atoms with van der Waals surface area (Å²) in [5.74, 6) is 0.988. The second-order valence-corrected chi connectivity index (χ2v) is 5.43. The lowest BCUT2D eigenvalue weighted by Gasteiger charge is -2.35. The predicted octanol–water partition coefficient (Wildman–Crippen LogP) is 1.88. The van der Waals surface area contributed by atoms with Crippen LogP contribution in [0.1, 0.15) is 40.5 Å². The smallest absolute Gasteiger partial charge is 0.227 e. The summed E-state index contributed by atoms with van der Waals surface area (Å²) >= 11 is 0. The van der Waals surface area contributed by atoms with Gasteiger partial charge in [0.15, 0.2) is 0 Å². The lowest BCUT2D eigenvalue weighted by atomic mass is 9.90. The molecular formula is C13H26N2O. The third-order valence-electron chi connectivity index (χ3n) is 4.00. The van der Waals surface area contributed by atoms with Gasteiger partial charge >= 0.3 is 0 Å². The van der Waals surface area contributed by atoms with Gasteiger partial charge in [0, 0.05) is 19.1 Å². The highest BCUT2D eigenvalue weighted by Crippen LogP contribution is 2.20. The minimum absolute atomic E-state index is 0.167. The molecule has 3 nitrogen and oxygen atoms in total. The van der Waals surface area contributed by atoms with Crippen LogP contribution in [0.2, 0.25) is 0 Å². The quantitative estimate of drug-likeness (QED) is 0.797. The van der Waals surface area contributed by atoms with Gasteiger partial charge in [0.1, 0.15) is 0 Å². The largest absolute Gasteiger partial charge is 0.343 e. The fourth-order valence-electron chi connectivity index (χ4n) is 2.29. The number of amides is 1. The molecule has 1 fully saturated rings. The van der Waals surface area contributed by atoms with Gasteiger partial charge in [0.25, 0.3) is 0 Å². The van der Waals surface area contributed by atoms with Crippen LogP contribution in [-0.2, 0) is 4.79 Å². The van der Waals surface area contributed by atoms with Crippen molar-refractivity contribution < 1.29 is 4.79 Å². The van der Waals surface area contributed by atoms with Crippen molar-refractivity contribution in [3.8, 4) is 0 Å². The molecule has 1 saturated heterocycles. The first-order valence-corrected chi connectivity index (χ1v) is 6.45. The van der Waals surface area contributed by atoms with Gasteiger partial charge in [-0.05, 0) is 39.2 Å². The molecule has 16 heavy (non-hydrogen) atoms. The van der Waals surface area contributed by atoms with E-state index in [4.69, 9.17) is 0 Å². The third kappa shape index (κ3) is 2.97. The van der Waals surface area contributed by atoms with Gasteiger partial charge in [-0.2, -0.15) is 0 Å². The maximum absolute atomic E-state index is 12.3. The summed E-state index contributed by atoms with van der Waals surface area (Å²) in [6.07, 6.45) is 2.15. The van der Waals surface area contributed by atoms with E-state index in [1.807, 2.05) is 11.9 Å². The Morgan fingerprint density at radius 2 is 2.00 bits per heavy atom. The van der Waals surface area contributed by atoms with Gasteiger partial charge < -0.3 is 10.2 Å². The van der Waals surface area contributed by atoms with Crippen molar-refractivity contribution in [1.29, 1.82) is 0 Å². The van der Waals surface area contributed by atoms with E-state index in [1.54, 1.807) is 0 Å². The summed E-state index contributed by atoms with van der Waals surface area (Å²) in [7, 11) is 1.94. The van der Waals surface area contributed by atoms with Crippen molar-refractivity contribution in [3.05, 3.63) is 0 Å². The van der Waals surface area contributed by atoms with Crippen LogP contribution in [0.15, 0.2) is 0 Å². The molecule has 0 saturated carbocycles. The number of nitrogens with zero attached hydrogens (tertiary/aromatic N) is 1. The normalized spacial score (nSPS) is 27.9. The van der Waals surface area contributed by atoms with Crippen LogP contribution in [0.5, 0.6) is 0 Å². The van der Waals surface area contributed by atoms with Crippen LogP contribution in [-0.4, -0.2) is 36.5 Å². The second-order valence-electron chi connectivity index (χ2n) is 5.43. The summed E-state index contributed by atoms with van der Waals surface area (Å²) < 4.78 is 0. The fraction of sp³-hybridized carbons (Fsp3) is 0.923. The van der Waals surface area contributed by atoms with Crippen LogP contribution >= 0.6 is 0 Å². The van der Waals surface area contributed by atoms with E-state index in [0.29, 0.717) is 23.9 Å². The first kappa shape index (κ1) is 13.5. The molecule has 3 atom stereocenters. The SMILES string of the molecule is CC(C)C(C)N(C)C(=O)C1CCCNC1C. The first-order valence-electron chi connectivity index (χ1n) is 6.45. The van der Waals surface area contributed by atoms with Crippen molar-refractivity contribution in [1.82, 2.24) is 10.2 Å². The van der Waals surface area contributed by atoms with Gasteiger partial charge in [0.2, 0.25) is 5.91 Å². The molecule has 1 N–H and O–H groups in total. The highest BCUT2D eigenvalue weighted by atomic mass is 16.2. The Bertz CT molecular complexity index is 240. The van der Waals surface area contributed by atoms with E-state index >= 15 is 0 Å². The third-order valence-corrected chi connectivity index (χ3v) is 4.00. The molecular weight excluding hydrogens is 200 g/mol. The lowest BCUT2D eigenvalue weighted by molar-refractivity contribution is -0.138.